The van der Waals surface area contributed by atoms with Crippen LogP contribution in [0.1, 0.15) is 26.7 Å². The molecule has 2 fully saturated rings. The minimum absolute atomic E-state index is 0.106. The van der Waals surface area contributed by atoms with Crippen molar-refractivity contribution in [2.45, 2.75) is 32.7 Å². The summed E-state index contributed by atoms with van der Waals surface area (Å²) in [6.07, 6.45) is 1.44. The molecule has 0 bridgehead atoms. The Morgan fingerprint density at radius 2 is 2.06 bits per heavy atom. The van der Waals surface area contributed by atoms with Crippen molar-refractivity contribution in [2.24, 2.45) is 5.92 Å². The summed E-state index contributed by atoms with van der Waals surface area (Å²) in [7, 11) is 0. The summed E-state index contributed by atoms with van der Waals surface area (Å²) in [6.45, 7) is 5.89. The van der Waals surface area contributed by atoms with Gasteiger partial charge in [-0.2, -0.15) is 0 Å². The van der Waals surface area contributed by atoms with Gasteiger partial charge in [-0.1, -0.05) is 6.92 Å². The Morgan fingerprint density at radius 3 is 2.56 bits per heavy atom. The molecule has 0 radical (unpaired) electrons. The fourth-order valence-electron chi connectivity index (χ4n) is 2.50. The molecule has 5 nitrogen and oxygen atoms in total. The highest BCUT2D eigenvalue weighted by Gasteiger charge is 2.35. The van der Waals surface area contributed by atoms with E-state index in [4.69, 9.17) is 0 Å². The van der Waals surface area contributed by atoms with Crippen LogP contribution in [-0.2, 0) is 9.59 Å². The second-order valence-electron chi connectivity index (χ2n) is 5.31. The van der Waals surface area contributed by atoms with Gasteiger partial charge in [-0.15, -0.1) is 0 Å². The standard InChI is InChI=1S/C13H20N2O3/c1-8-3-4-15(11(5-8)13(17)18)12(16)9(2)10-6-14-7-10/h8,11,14H,3-7H2,1-2H3,(H,17,18). The number of carbonyl (C=O) groups excluding carboxylic acids is 1. The Labute approximate surface area is 107 Å². The summed E-state index contributed by atoms with van der Waals surface area (Å²) in [4.78, 5) is 25.1. The number of likely N-dealkylation sites (tertiary alicyclic amines) is 1. The van der Waals surface area contributed by atoms with E-state index in [2.05, 4.69) is 5.32 Å². The molecule has 1 amide bonds. The first-order valence-electron chi connectivity index (χ1n) is 6.43. The highest BCUT2D eigenvalue weighted by atomic mass is 16.4. The van der Waals surface area contributed by atoms with E-state index >= 15 is 0 Å². The lowest BCUT2D eigenvalue weighted by Gasteiger charge is -2.37. The topological polar surface area (TPSA) is 69.6 Å². The molecule has 2 aliphatic heterocycles. The maximum absolute atomic E-state index is 12.3. The second kappa shape index (κ2) is 5.10. The first kappa shape index (κ1) is 13.1. The number of piperidine rings is 1. The van der Waals surface area contributed by atoms with E-state index in [1.165, 1.54) is 4.90 Å². The van der Waals surface area contributed by atoms with Crippen LogP contribution in [0, 0.1) is 5.92 Å². The fraction of sp³-hybridized carbons (Fsp3) is 0.692. The smallest absolute Gasteiger partial charge is 0.326 e. The van der Waals surface area contributed by atoms with Crippen molar-refractivity contribution >= 4 is 11.9 Å². The van der Waals surface area contributed by atoms with E-state index in [-0.39, 0.29) is 5.91 Å². The number of carboxylic acids is 1. The number of aliphatic carboxylic acids is 1. The largest absolute Gasteiger partial charge is 0.480 e. The highest BCUT2D eigenvalue weighted by molar-refractivity contribution is 5.96. The molecule has 5 heteroatoms. The lowest BCUT2D eigenvalue weighted by Crippen LogP contribution is -2.51. The van der Waals surface area contributed by atoms with Gasteiger partial charge in [0.15, 0.2) is 0 Å². The van der Waals surface area contributed by atoms with Crippen LogP contribution >= 0.6 is 0 Å². The molecule has 2 N–H and O–H groups in total. The van der Waals surface area contributed by atoms with Crippen molar-refractivity contribution in [1.82, 2.24) is 10.2 Å². The third-order valence-corrected chi connectivity index (χ3v) is 3.94. The number of nitrogens with zero attached hydrogens (tertiary/aromatic N) is 1. The Hall–Kier alpha value is -1.36. The van der Waals surface area contributed by atoms with Gasteiger partial charge >= 0.3 is 5.97 Å². The van der Waals surface area contributed by atoms with Crippen molar-refractivity contribution in [3.8, 4) is 0 Å². The first-order chi connectivity index (χ1) is 8.50. The molecule has 2 saturated heterocycles. The van der Waals surface area contributed by atoms with Crippen LogP contribution in [0.3, 0.4) is 0 Å². The molecule has 2 heterocycles. The van der Waals surface area contributed by atoms with Gasteiger partial charge in [-0.05, 0) is 31.3 Å². The molecule has 2 aliphatic rings. The molecule has 0 aromatic rings. The molecule has 18 heavy (non-hydrogen) atoms. The van der Waals surface area contributed by atoms with E-state index in [9.17, 15) is 14.7 Å². The van der Waals surface area contributed by atoms with Gasteiger partial charge in [-0.3, -0.25) is 4.79 Å². The molecule has 2 unspecified atom stereocenters. The quantitative estimate of drug-likeness (QED) is 0.707. The zero-order chi connectivity index (χ0) is 13.3. The van der Waals surface area contributed by atoms with Crippen molar-refractivity contribution in [3.05, 3.63) is 11.1 Å². The van der Waals surface area contributed by atoms with Crippen molar-refractivity contribution in [1.29, 1.82) is 0 Å². The average Bonchev–Trinajstić information content (AvgIpc) is 2.25. The van der Waals surface area contributed by atoms with E-state index < -0.39 is 12.0 Å². The zero-order valence-corrected chi connectivity index (χ0v) is 10.9. The lowest BCUT2D eigenvalue weighted by atomic mass is 9.91. The lowest BCUT2D eigenvalue weighted by molar-refractivity contribution is -0.151. The molecule has 2 atom stereocenters. The summed E-state index contributed by atoms with van der Waals surface area (Å²) >= 11 is 0. The van der Waals surface area contributed by atoms with Crippen LogP contribution in [0.2, 0.25) is 0 Å². The highest BCUT2D eigenvalue weighted by Crippen LogP contribution is 2.25. The monoisotopic (exact) mass is 252 g/mol. The molecule has 100 valence electrons. The summed E-state index contributed by atoms with van der Waals surface area (Å²) in [6, 6.07) is -0.662. The van der Waals surface area contributed by atoms with Crippen molar-refractivity contribution < 1.29 is 14.7 Å². The molecular formula is C13H20N2O3. The van der Waals surface area contributed by atoms with Crippen molar-refractivity contribution in [3.63, 3.8) is 0 Å². The molecule has 0 aromatic heterocycles. The number of hydrogen-bond acceptors (Lipinski definition) is 3. The fourth-order valence-corrected chi connectivity index (χ4v) is 2.50. The molecular weight excluding hydrogens is 232 g/mol. The van der Waals surface area contributed by atoms with Gasteiger partial charge in [0.25, 0.3) is 0 Å². The number of nitrogens with one attached hydrogen (secondary N) is 1. The Kier molecular flexibility index (Phi) is 3.71. The van der Waals surface area contributed by atoms with Crippen LogP contribution in [0.5, 0.6) is 0 Å². The minimum Gasteiger partial charge on any atom is -0.480 e. The van der Waals surface area contributed by atoms with Crippen LogP contribution < -0.4 is 5.32 Å². The van der Waals surface area contributed by atoms with E-state index in [1.807, 2.05) is 6.92 Å². The predicted octanol–water partition coefficient (Wildman–Crippen LogP) is 0.618. The molecule has 0 spiro atoms. The number of carbonyl (C=O) groups is 2. The van der Waals surface area contributed by atoms with Gasteiger partial charge in [0.2, 0.25) is 5.91 Å². The van der Waals surface area contributed by atoms with Gasteiger partial charge in [0.05, 0.1) is 0 Å². The summed E-state index contributed by atoms with van der Waals surface area (Å²) in [5.41, 5.74) is 1.82. The van der Waals surface area contributed by atoms with Crippen molar-refractivity contribution in [2.75, 3.05) is 19.6 Å². The van der Waals surface area contributed by atoms with E-state index in [0.717, 1.165) is 30.7 Å². The predicted molar refractivity (Wildman–Crippen MR) is 67.1 cm³/mol. The normalized spacial score (nSPS) is 27.7. The Bertz CT molecular complexity index is 397. The van der Waals surface area contributed by atoms with Gasteiger partial charge in [-0.25, -0.2) is 4.79 Å². The zero-order valence-electron chi connectivity index (χ0n) is 10.9. The molecule has 0 aromatic carbocycles. The Balaban J connectivity index is 2.15. The third-order valence-electron chi connectivity index (χ3n) is 3.94. The van der Waals surface area contributed by atoms with Crippen LogP contribution in [0.25, 0.3) is 0 Å². The maximum Gasteiger partial charge on any atom is 0.326 e. The average molecular weight is 252 g/mol. The van der Waals surface area contributed by atoms with Gasteiger partial charge < -0.3 is 15.3 Å². The molecule has 2 rings (SSSR count). The van der Waals surface area contributed by atoms with Crippen LogP contribution in [0.4, 0.5) is 0 Å². The summed E-state index contributed by atoms with van der Waals surface area (Å²) < 4.78 is 0. The molecule has 0 saturated carbocycles. The minimum atomic E-state index is -0.889. The number of rotatable bonds is 2. The first-order valence-corrected chi connectivity index (χ1v) is 6.43. The van der Waals surface area contributed by atoms with Crippen LogP contribution in [0.15, 0.2) is 11.1 Å². The second-order valence-corrected chi connectivity index (χ2v) is 5.31. The number of hydrogen-bond donors (Lipinski definition) is 2. The summed E-state index contributed by atoms with van der Waals surface area (Å²) in [5, 5.41) is 12.3. The SMILES string of the molecule is CC(C(=O)N1CCC(C)CC1C(=O)O)=C1CNC1. The number of carboxylic acid groups (broad SMARTS) is 1. The summed E-state index contributed by atoms with van der Waals surface area (Å²) in [5.74, 6) is -0.626. The number of amides is 1. The molecule has 0 aliphatic carbocycles. The van der Waals surface area contributed by atoms with Crippen LogP contribution in [-0.4, -0.2) is 47.6 Å². The Morgan fingerprint density at radius 1 is 1.39 bits per heavy atom. The maximum atomic E-state index is 12.3. The van der Waals surface area contributed by atoms with E-state index in [1.54, 1.807) is 6.92 Å². The van der Waals surface area contributed by atoms with E-state index in [0.29, 0.717) is 18.9 Å². The van der Waals surface area contributed by atoms with Gasteiger partial charge in [0.1, 0.15) is 6.04 Å². The third kappa shape index (κ3) is 2.41. The van der Waals surface area contributed by atoms with Gasteiger partial charge in [0, 0.05) is 25.2 Å².